The molecule has 0 aliphatic carbocycles. The molecule has 0 bridgehead atoms. The fourth-order valence-electron chi connectivity index (χ4n) is 3.27. The minimum Gasteiger partial charge on any atom is -0.371 e. The van der Waals surface area contributed by atoms with Crippen molar-refractivity contribution >= 4 is 17.7 Å². The summed E-state index contributed by atoms with van der Waals surface area (Å²) in [5, 5.41) is 0. The van der Waals surface area contributed by atoms with Gasteiger partial charge in [-0.05, 0) is 25.5 Å². The summed E-state index contributed by atoms with van der Waals surface area (Å²) < 4.78 is 19.2. The zero-order chi connectivity index (χ0) is 16.6. The van der Waals surface area contributed by atoms with Crippen LogP contribution in [-0.2, 0) is 11.3 Å². The molecule has 0 amide bonds. The van der Waals surface area contributed by atoms with Crippen molar-refractivity contribution in [3.63, 3.8) is 0 Å². The van der Waals surface area contributed by atoms with Gasteiger partial charge in [-0.3, -0.25) is 4.98 Å². The quantitative estimate of drug-likeness (QED) is 0.848. The summed E-state index contributed by atoms with van der Waals surface area (Å²) in [4.78, 5) is 14.7. The van der Waals surface area contributed by atoms with Gasteiger partial charge in [0, 0.05) is 24.5 Å². The van der Waals surface area contributed by atoms with Gasteiger partial charge in [-0.25, -0.2) is 14.4 Å². The van der Waals surface area contributed by atoms with Gasteiger partial charge in [0.15, 0.2) is 5.82 Å². The van der Waals surface area contributed by atoms with Gasteiger partial charge in [0.05, 0.1) is 35.5 Å². The van der Waals surface area contributed by atoms with Crippen molar-refractivity contribution in [2.24, 2.45) is 0 Å². The Morgan fingerprint density at radius 2 is 2.12 bits per heavy atom. The fourth-order valence-corrected chi connectivity index (χ4v) is 4.82. The first-order chi connectivity index (χ1) is 11.6. The van der Waals surface area contributed by atoms with E-state index in [1.54, 1.807) is 0 Å². The fraction of sp³-hybridized carbons (Fsp3) is 0.471. The van der Waals surface area contributed by atoms with Crippen molar-refractivity contribution in [3.8, 4) is 0 Å². The Morgan fingerprint density at radius 3 is 2.88 bits per heavy atom. The second-order valence-electron chi connectivity index (χ2n) is 6.46. The molecule has 2 aromatic heterocycles. The van der Waals surface area contributed by atoms with Crippen molar-refractivity contribution in [2.45, 2.75) is 30.8 Å². The second-order valence-corrected chi connectivity index (χ2v) is 7.95. The number of hydrogen-bond acceptors (Lipinski definition) is 6. The van der Waals surface area contributed by atoms with E-state index < -0.39 is 5.82 Å². The molecule has 2 fully saturated rings. The summed E-state index contributed by atoms with van der Waals surface area (Å²) in [6.07, 6.45) is 3.72. The van der Waals surface area contributed by atoms with E-state index in [1.165, 1.54) is 12.4 Å². The molecule has 5 nitrogen and oxygen atoms in total. The minimum atomic E-state index is -0.401. The Hall–Kier alpha value is -1.73. The Balaban J connectivity index is 1.29. The number of rotatable bonds is 4. The Kier molecular flexibility index (Phi) is 4.14. The van der Waals surface area contributed by atoms with Crippen molar-refractivity contribution in [3.05, 3.63) is 47.8 Å². The van der Waals surface area contributed by atoms with Gasteiger partial charge in [0.2, 0.25) is 5.95 Å². The minimum absolute atomic E-state index is 0.225. The zero-order valence-electron chi connectivity index (χ0n) is 13.5. The SMILES string of the molecule is Cc1cccc(COC2CSC3(C2)CN(c2ncc(F)cn2)C3)n1. The van der Waals surface area contributed by atoms with Crippen LogP contribution in [0, 0.1) is 12.7 Å². The lowest BCUT2D eigenvalue weighted by atomic mass is 9.93. The average molecular weight is 346 g/mol. The van der Waals surface area contributed by atoms with E-state index in [0.717, 1.165) is 36.7 Å². The lowest BCUT2D eigenvalue weighted by Crippen LogP contribution is -2.59. The van der Waals surface area contributed by atoms with Crippen LogP contribution in [0.15, 0.2) is 30.6 Å². The summed E-state index contributed by atoms with van der Waals surface area (Å²) in [5.74, 6) is 1.21. The highest BCUT2D eigenvalue weighted by atomic mass is 32.2. The van der Waals surface area contributed by atoms with Crippen LogP contribution in [0.25, 0.3) is 0 Å². The third kappa shape index (κ3) is 3.23. The molecule has 2 aliphatic rings. The van der Waals surface area contributed by atoms with Crippen molar-refractivity contribution in [1.82, 2.24) is 15.0 Å². The number of halogens is 1. The number of aromatic nitrogens is 3. The van der Waals surface area contributed by atoms with Crippen LogP contribution < -0.4 is 4.90 Å². The van der Waals surface area contributed by atoms with Crippen LogP contribution in [-0.4, -0.2) is 44.6 Å². The molecule has 1 atom stereocenters. The first kappa shape index (κ1) is 15.8. The maximum absolute atomic E-state index is 12.9. The lowest BCUT2D eigenvalue weighted by Gasteiger charge is -2.47. The summed E-state index contributed by atoms with van der Waals surface area (Å²) in [6, 6.07) is 6.00. The van der Waals surface area contributed by atoms with Gasteiger partial charge in [-0.15, -0.1) is 11.8 Å². The number of thioether (sulfide) groups is 1. The third-order valence-corrected chi connectivity index (χ3v) is 6.01. The monoisotopic (exact) mass is 346 g/mol. The standard InChI is InChI=1S/C17H19FN4OS/c1-12-3-2-4-14(21-12)8-23-15-5-17(24-9-15)10-22(11-17)16-19-6-13(18)7-20-16/h2-4,6-7,15H,5,8-11H2,1H3. The maximum Gasteiger partial charge on any atom is 0.225 e. The highest BCUT2D eigenvalue weighted by Gasteiger charge is 2.50. The van der Waals surface area contributed by atoms with E-state index in [1.807, 2.05) is 36.9 Å². The first-order valence-electron chi connectivity index (χ1n) is 8.03. The Labute approximate surface area is 144 Å². The smallest absolute Gasteiger partial charge is 0.225 e. The van der Waals surface area contributed by atoms with E-state index in [9.17, 15) is 4.39 Å². The topological polar surface area (TPSA) is 51.1 Å². The number of nitrogens with zero attached hydrogens (tertiary/aromatic N) is 4. The van der Waals surface area contributed by atoms with Crippen LogP contribution in [0.1, 0.15) is 17.8 Å². The predicted molar refractivity (Wildman–Crippen MR) is 91.6 cm³/mol. The number of aryl methyl sites for hydroxylation is 1. The van der Waals surface area contributed by atoms with Crippen LogP contribution in [0.2, 0.25) is 0 Å². The number of hydrogen-bond donors (Lipinski definition) is 0. The molecule has 126 valence electrons. The highest BCUT2D eigenvalue weighted by molar-refractivity contribution is 8.01. The molecule has 2 aliphatic heterocycles. The molecule has 0 aromatic carbocycles. The van der Waals surface area contributed by atoms with E-state index in [2.05, 4.69) is 19.9 Å². The van der Waals surface area contributed by atoms with Crippen molar-refractivity contribution in [1.29, 1.82) is 0 Å². The number of anilines is 1. The van der Waals surface area contributed by atoms with Crippen LogP contribution in [0.5, 0.6) is 0 Å². The lowest BCUT2D eigenvalue weighted by molar-refractivity contribution is 0.0458. The molecule has 1 spiro atoms. The average Bonchev–Trinajstić information content (AvgIpc) is 2.97. The van der Waals surface area contributed by atoms with Crippen LogP contribution in [0.4, 0.5) is 10.3 Å². The Morgan fingerprint density at radius 1 is 1.33 bits per heavy atom. The van der Waals surface area contributed by atoms with Gasteiger partial charge >= 0.3 is 0 Å². The molecule has 4 heterocycles. The molecule has 4 rings (SSSR count). The number of pyridine rings is 1. The molecule has 24 heavy (non-hydrogen) atoms. The van der Waals surface area contributed by atoms with Gasteiger partial charge in [-0.1, -0.05) is 6.07 Å². The molecule has 2 saturated heterocycles. The molecule has 0 saturated carbocycles. The van der Waals surface area contributed by atoms with Gasteiger partial charge < -0.3 is 9.64 Å². The maximum atomic E-state index is 12.9. The molecule has 0 N–H and O–H groups in total. The van der Waals surface area contributed by atoms with E-state index in [0.29, 0.717) is 12.6 Å². The van der Waals surface area contributed by atoms with Crippen molar-refractivity contribution < 1.29 is 9.13 Å². The normalized spacial score (nSPS) is 21.9. The van der Waals surface area contributed by atoms with Crippen LogP contribution >= 0.6 is 11.8 Å². The predicted octanol–water partition coefficient (Wildman–Crippen LogP) is 2.60. The van der Waals surface area contributed by atoms with E-state index in [4.69, 9.17) is 4.74 Å². The molecule has 0 radical (unpaired) electrons. The molecule has 7 heteroatoms. The van der Waals surface area contributed by atoms with E-state index in [-0.39, 0.29) is 10.9 Å². The Bertz CT molecular complexity index is 721. The summed E-state index contributed by atoms with van der Waals surface area (Å²) in [7, 11) is 0. The van der Waals surface area contributed by atoms with Gasteiger partial charge in [0.25, 0.3) is 0 Å². The molecular weight excluding hydrogens is 327 g/mol. The second kappa shape index (κ2) is 6.29. The summed E-state index contributed by atoms with van der Waals surface area (Å²) in [5.41, 5.74) is 2.00. The largest absolute Gasteiger partial charge is 0.371 e. The highest BCUT2D eigenvalue weighted by Crippen LogP contribution is 2.46. The van der Waals surface area contributed by atoms with E-state index >= 15 is 0 Å². The van der Waals surface area contributed by atoms with Gasteiger partial charge in [-0.2, -0.15) is 0 Å². The van der Waals surface area contributed by atoms with Gasteiger partial charge in [0.1, 0.15) is 0 Å². The summed E-state index contributed by atoms with van der Waals surface area (Å²) >= 11 is 1.96. The molecular formula is C17H19FN4OS. The van der Waals surface area contributed by atoms with Crippen LogP contribution in [0.3, 0.4) is 0 Å². The van der Waals surface area contributed by atoms with Crippen molar-refractivity contribution in [2.75, 3.05) is 23.7 Å². The molecule has 1 unspecified atom stereocenters. The zero-order valence-corrected chi connectivity index (χ0v) is 14.3. The molecule has 2 aromatic rings. The first-order valence-corrected chi connectivity index (χ1v) is 9.01. The number of ether oxygens (including phenoxy) is 1. The third-order valence-electron chi connectivity index (χ3n) is 4.44. The summed E-state index contributed by atoms with van der Waals surface area (Å²) in [6.45, 7) is 4.34.